The van der Waals surface area contributed by atoms with Crippen LogP contribution in [0, 0.1) is 30.5 Å². The highest BCUT2D eigenvalue weighted by molar-refractivity contribution is 7.86. The number of halogens is 4. The third-order valence-electron chi connectivity index (χ3n) is 7.56. The highest BCUT2D eigenvalue weighted by atomic mass is 32.2. The van der Waals surface area contributed by atoms with E-state index in [-0.39, 0.29) is 44.6 Å². The zero-order chi connectivity index (χ0) is 39.8. The van der Waals surface area contributed by atoms with Gasteiger partial charge in [0.1, 0.15) is 28.9 Å². The molecule has 0 atom stereocenters. The standard InChI is InChI=1S/C32H21F4N9O8S2/c1-14-8-16-9-19(54(48,49)50)11-21(43-32(47)15-2-4-17(5-3-15)41-30-24(33)28(35)37-12-39-30)23(16)27(46)26(14)45-44-20-10-18(6-7-22(20)55(51,52)53)42-31-25(34)29(36)38-13-40-31/h2-13,46H,1H3,(H,43,47)(H,37,39,41)(H,38,40,42)(H,48,49,50)(H,51,52,53). The second-order valence-electron chi connectivity index (χ2n) is 11.2. The van der Waals surface area contributed by atoms with E-state index in [4.69, 9.17) is 0 Å². The van der Waals surface area contributed by atoms with E-state index in [9.17, 15) is 53.4 Å². The molecule has 2 heterocycles. The molecule has 0 spiro atoms. The van der Waals surface area contributed by atoms with Crippen LogP contribution in [0.25, 0.3) is 10.8 Å². The second kappa shape index (κ2) is 14.6. The minimum Gasteiger partial charge on any atom is -0.505 e. The Morgan fingerprint density at radius 1 is 0.727 bits per heavy atom. The quantitative estimate of drug-likeness (QED) is 0.0368. The molecule has 6 N–H and O–H groups in total. The average molecular weight is 800 g/mol. The van der Waals surface area contributed by atoms with Crippen LogP contribution in [0.3, 0.4) is 0 Å². The van der Waals surface area contributed by atoms with Crippen LogP contribution in [0.2, 0.25) is 0 Å². The van der Waals surface area contributed by atoms with Crippen LogP contribution in [0.5, 0.6) is 5.75 Å². The van der Waals surface area contributed by atoms with Crippen molar-refractivity contribution in [3.05, 3.63) is 108 Å². The summed E-state index contributed by atoms with van der Waals surface area (Å²) in [5.74, 6) is -8.36. The van der Waals surface area contributed by atoms with Crippen molar-refractivity contribution in [3.8, 4) is 5.75 Å². The number of hydrogen-bond donors (Lipinski definition) is 6. The minimum absolute atomic E-state index is 0.0260. The topological polar surface area (TPSA) is 258 Å². The molecule has 6 rings (SSSR count). The number of rotatable bonds is 10. The number of anilines is 5. The Balaban J connectivity index is 1.38. The number of nitrogens with zero attached hydrogens (tertiary/aromatic N) is 6. The fourth-order valence-corrected chi connectivity index (χ4v) is 6.18. The van der Waals surface area contributed by atoms with Gasteiger partial charge in [-0.3, -0.25) is 13.9 Å². The minimum atomic E-state index is -4.96. The summed E-state index contributed by atoms with van der Waals surface area (Å²) in [4.78, 5) is 25.2. The summed E-state index contributed by atoms with van der Waals surface area (Å²) in [6.07, 6.45) is 1.51. The van der Waals surface area contributed by atoms with Crippen molar-refractivity contribution in [2.45, 2.75) is 16.7 Å². The Morgan fingerprint density at radius 2 is 1.31 bits per heavy atom. The molecule has 0 saturated heterocycles. The lowest BCUT2D eigenvalue weighted by Crippen LogP contribution is -2.13. The third kappa shape index (κ3) is 8.13. The fraction of sp³-hybridized carbons (Fsp3) is 0.0312. The molecule has 23 heteroatoms. The Labute approximate surface area is 306 Å². The molecular formula is C32H21F4N9O8S2. The number of benzene rings is 4. The van der Waals surface area contributed by atoms with Gasteiger partial charge in [-0.15, -0.1) is 10.2 Å². The number of nitrogens with one attached hydrogen (secondary N) is 3. The van der Waals surface area contributed by atoms with E-state index in [0.29, 0.717) is 0 Å². The number of aromatic nitrogens is 4. The number of amides is 1. The van der Waals surface area contributed by atoms with Crippen LogP contribution in [0.4, 0.5) is 57.6 Å². The summed E-state index contributed by atoms with van der Waals surface area (Å²) in [6.45, 7) is 1.40. The van der Waals surface area contributed by atoms with E-state index < -0.39 is 82.5 Å². The normalized spacial score (nSPS) is 11.9. The van der Waals surface area contributed by atoms with E-state index in [2.05, 4.69) is 46.1 Å². The average Bonchev–Trinajstić information content (AvgIpc) is 3.11. The highest BCUT2D eigenvalue weighted by Gasteiger charge is 2.22. The van der Waals surface area contributed by atoms with Crippen LogP contribution in [-0.4, -0.2) is 56.9 Å². The first-order valence-electron chi connectivity index (χ1n) is 15.0. The zero-order valence-corrected chi connectivity index (χ0v) is 29.0. The Morgan fingerprint density at radius 3 is 1.89 bits per heavy atom. The monoisotopic (exact) mass is 799 g/mol. The first-order valence-corrected chi connectivity index (χ1v) is 17.9. The van der Waals surface area contributed by atoms with Gasteiger partial charge in [-0.25, -0.2) is 19.9 Å². The van der Waals surface area contributed by atoms with Crippen LogP contribution in [-0.2, 0) is 20.2 Å². The first kappa shape index (κ1) is 38.0. The predicted octanol–water partition coefficient (Wildman–Crippen LogP) is 6.64. The van der Waals surface area contributed by atoms with Gasteiger partial charge in [0.2, 0.25) is 11.6 Å². The fourth-order valence-electron chi connectivity index (χ4n) is 5.03. The number of phenols is 1. The molecule has 17 nitrogen and oxygen atoms in total. The third-order valence-corrected chi connectivity index (χ3v) is 9.29. The van der Waals surface area contributed by atoms with E-state index in [1.165, 1.54) is 37.3 Å². The van der Waals surface area contributed by atoms with E-state index in [1.807, 2.05) is 0 Å². The molecule has 0 saturated carbocycles. The van der Waals surface area contributed by atoms with Crippen LogP contribution in [0.15, 0.2) is 93.3 Å². The van der Waals surface area contributed by atoms with Crippen LogP contribution < -0.4 is 16.0 Å². The molecule has 1 amide bonds. The molecule has 282 valence electrons. The first-order chi connectivity index (χ1) is 25.9. The molecule has 0 radical (unpaired) electrons. The van der Waals surface area contributed by atoms with Crippen molar-refractivity contribution in [3.63, 3.8) is 0 Å². The lowest BCUT2D eigenvalue weighted by molar-refractivity contribution is 0.102. The van der Waals surface area contributed by atoms with Crippen molar-refractivity contribution >= 4 is 77.0 Å². The van der Waals surface area contributed by atoms with E-state index in [1.54, 1.807) is 0 Å². The maximum absolute atomic E-state index is 14.2. The maximum Gasteiger partial charge on any atom is 0.296 e. The molecule has 4 aromatic carbocycles. The van der Waals surface area contributed by atoms with Gasteiger partial charge in [0.25, 0.3) is 38.0 Å². The van der Waals surface area contributed by atoms with Crippen molar-refractivity contribution in [2.24, 2.45) is 10.2 Å². The Kier molecular flexibility index (Phi) is 10.1. The number of fused-ring (bicyclic) bond motifs is 1. The number of aryl methyl sites for hydroxylation is 1. The smallest absolute Gasteiger partial charge is 0.296 e. The predicted molar refractivity (Wildman–Crippen MR) is 185 cm³/mol. The maximum atomic E-state index is 14.2. The number of azo groups is 1. The van der Waals surface area contributed by atoms with Gasteiger partial charge < -0.3 is 21.1 Å². The number of aromatic hydroxyl groups is 1. The van der Waals surface area contributed by atoms with Crippen molar-refractivity contribution < 1.29 is 53.4 Å². The molecule has 0 aliphatic rings. The van der Waals surface area contributed by atoms with Gasteiger partial charge in [-0.1, -0.05) is 0 Å². The molecular weight excluding hydrogens is 779 g/mol. The van der Waals surface area contributed by atoms with Gasteiger partial charge in [0.05, 0.1) is 10.6 Å². The van der Waals surface area contributed by atoms with Crippen molar-refractivity contribution in [1.29, 1.82) is 0 Å². The number of carbonyl (C=O) groups excluding carboxylic acids is 1. The summed E-state index contributed by atoms with van der Waals surface area (Å²) in [7, 11) is -9.84. The molecule has 0 bridgehead atoms. The van der Waals surface area contributed by atoms with E-state index in [0.717, 1.165) is 43.0 Å². The summed E-state index contributed by atoms with van der Waals surface area (Å²) in [5.41, 5.74) is -1.09. The molecule has 0 unspecified atom stereocenters. The van der Waals surface area contributed by atoms with Crippen molar-refractivity contribution in [1.82, 2.24) is 19.9 Å². The molecule has 2 aromatic heterocycles. The number of hydrogen-bond acceptors (Lipinski definition) is 14. The number of phenolic OH excluding ortho intramolecular Hbond substituents is 1. The molecule has 0 aliphatic carbocycles. The van der Waals surface area contributed by atoms with E-state index >= 15 is 0 Å². The Hall–Kier alpha value is -6.69. The van der Waals surface area contributed by atoms with Crippen LogP contribution >= 0.6 is 0 Å². The SMILES string of the molecule is Cc1cc2cc(S(=O)(=O)O)cc(NC(=O)c3ccc(Nc4ncnc(F)c4F)cc3)c2c(O)c1N=Nc1cc(Nc2ncnc(F)c2F)ccc1S(=O)(=O)O. The summed E-state index contributed by atoms with van der Waals surface area (Å²) < 4.78 is 124. The van der Waals surface area contributed by atoms with Gasteiger partial charge in [0, 0.05) is 22.3 Å². The van der Waals surface area contributed by atoms with Gasteiger partial charge >= 0.3 is 0 Å². The lowest BCUT2D eigenvalue weighted by Gasteiger charge is -2.15. The Bertz CT molecular complexity index is 2800. The highest BCUT2D eigenvalue weighted by Crippen LogP contribution is 2.44. The second-order valence-corrected chi connectivity index (χ2v) is 14.0. The van der Waals surface area contributed by atoms with Gasteiger partial charge in [-0.2, -0.15) is 34.4 Å². The van der Waals surface area contributed by atoms with Gasteiger partial charge in [0.15, 0.2) is 17.4 Å². The largest absolute Gasteiger partial charge is 0.505 e. The van der Waals surface area contributed by atoms with Crippen molar-refractivity contribution in [2.75, 3.05) is 16.0 Å². The summed E-state index contributed by atoms with van der Waals surface area (Å²) in [5, 5.41) is 26.4. The molecule has 55 heavy (non-hydrogen) atoms. The lowest BCUT2D eigenvalue weighted by atomic mass is 10.0. The summed E-state index contributed by atoms with van der Waals surface area (Å²) in [6, 6.07) is 11.2. The molecule has 0 fully saturated rings. The van der Waals surface area contributed by atoms with Gasteiger partial charge in [-0.05, 0) is 78.5 Å². The summed E-state index contributed by atoms with van der Waals surface area (Å²) >= 11 is 0. The number of carbonyl (C=O) groups is 1. The zero-order valence-electron chi connectivity index (χ0n) is 27.3. The molecule has 6 aromatic rings. The van der Waals surface area contributed by atoms with Crippen LogP contribution in [0.1, 0.15) is 15.9 Å². The molecule has 0 aliphatic heterocycles.